The molecule has 0 aliphatic carbocycles. The van der Waals surface area contributed by atoms with E-state index in [-0.39, 0.29) is 5.91 Å². The maximum Gasteiger partial charge on any atom is 0.234 e. The Kier molecular flexibility index (Phi) is 6.42. The van der Waals surface area contributed by atoms with Crippen LogP contribution in [0.1, 0.15) is 32.6 Å². The third-order valence-corrected chi connectivity index (χ3v) is 3.18. The minimum Gasteiger partial charge on any atom is -0.396 e. The first-order valence-electron chi connectivity index (χ1n) is 6.36. The number of carbonyl (C=O) groups excluding carboxylic acids is 1. The molecule has 16 heavy (non-hydrogen) atoms. The Morgan fingerprint density at radius 1 is 1.44 bits per heavy atom. The number of piperidine rings is 1. The molecular formula is C12H24N2O2. The molecular weight excluding hydrogens is 204 g/mol. The summed E-state index contributed by atoms with van der Waals surface area (Å²) in [5, 5.41) is 11.7. The maximum atomic E-state index is 11.5. The summed E-state index contributed by atoms with van der Waals surface area (Å²) in [5.41, 5.74) is 0. The number of hydrogen-bond donors (Lipinski definition) is 2. The molecule has 4 heteroatoms. The van der Waals surface area contributed by atoms with Crippen LogP contribution in [0, 0.1) is 5.92 Å². The quantitative estimate of drug-likeness (QED) is 0.700. The Morgan fingerprint density at radius 2 is 2.12 bits per heavy atom. The Bertz CT molecular complexity index is 201. The topological polar surface area (TPSA) is 52.6 Å². The number of aliphatic hydroxyl groups excluding tert-OH is 1. The van der Waals surface area contributed by atoms with Gasteiger partial charge in [-0.3, -0.25) is 9.69 Å². The minimum absolute atomic E-state index is 0.141. The van der Waals surface area contributed by atoms with Crippen molar-refractivity contribution >= 4 is 5.91 Å². The van der Waals surface area contributed by atoms with Gasteiger partial charge in [-0.05, 0) is 44.7 Å². The second-order valence-electron chi connectivity index (χ2n) is 4.58. The summed E-state index contributed by atoms with van der Waals surface area (Å²) in [6.07, 6.45) is 4.13. The number of carbonyl (C=O) groups is 1. The van der Waals surface area contributed by atoms with Gasteiger partial charge in [0, 0.05) is 13.2 Å². The van der Waals surface area contributed by atoms with E-state index in [0.717, 1.165) is 45.3 Å². The number of aliphatic hydroxyl groups is 1. The number of nitrogens with one attached hydrogen (secondary N) is 1. The molecule has 0 unspecified atom stereocenters. The molecule has 0 aromatic rings. The highest BCUT2D eigenvalue weighted by atomic mass is 16.3. The highest BCUT2D eigenvalue weighted by molar-refractivity contribution is 5.77. The van der Waals surface area contributed by atoms with Gasteiger partial charge >= 0.3 is 0 Å². The standard InChI is InChI=1S/C12H24N2O2/c1-2-6-13-12(16)10-14-7-3-11(4-8-14)5-9-15/h11,15H,2-10H2,1H3,(H,13,16). The minimum atomic E-state index is 0.141. The van der Waals surface area contributed by atoms with Gasteiger partial charge in [-0.15, -0.1) is 0 Å². The van der Waals surface area contributed by atoms with Gasteiger partial charge in [-0.2, -0.15) is 0 Å². The first-order valence-corrected chi connectivity index (χ1v) is 6.36. The lowest BCUT2D eigenvalue weighted by molar-refractivity contribution is -0.122. The predicted octanol–water partition coefficient (Wildman–Crippen LogP) is 0.607. The summed E-state index contributed by atoms with van der Waals surface area (Å²) in [6, 6.07) is 0. The van der Waals surface area contributed by atoms with Gasteiger partial charge in [-0.25, -0.2) is 0 Å². The van der Waals surface area contributed by atoms with Gasteiger partial charge in [0.05, 0.1) is 6.54 Å². The first kappa shape index (κ1) is 13.5. The fourth-order valence-electron chi connectivity index (χ4n) is 2.14. The average molecular weight is 228 g/mol. The van der Waals surface area contributed by atoms with Gasteiger partial charge in [0.2, 0.25) is 5.91 Å². The van der Waals surface area contributed by atoms with E-state index in [1.807, 2.05) is 0 Å². The molecule has 0 atom stereocenters. The maximum absolute atomic E-state index is 11.5. The molecule has 1 aliphatic heterocycles. The second-order valence-corrected chi connectivity index (χ2v) is 4.58. The molecule has 1 rings (SSSR count). The number of nitrogens with zero attached hydrogens (tertiary/aromatic N) is 1. The van der Waals surface area contributed by atoms with Crippen molar-refractivity contribution in [2.24, 2.45) is 5.92 Å². The highest BCUT2D eigenvalue weighted by Gasteiger charge is 2.19. The van der Waals surface area contributed by atoms with E-state index in [2.05, 4.69) is 17.1 Å². The van der Waals surface area contributed by atoms with E-state index in [0.29, 0.717) is 19.1 Å². The van der Waals surface area contributed by atoms with Crippen molar-refractivity contribution in [2.75, 3.05) is 32.8 Å². The van der Waals surface area contributed by atoms with Crippen LogP contribution in [0.2, 0.25) is 0 Å². The first-order chi connectivity index (χ1) is 7.76. The van der Waals surface area contributed by atoms with Crippen molar-refractivity contribution < 1.29 is 9.90 Å². The van der Waals surface area contributed by atoms with Crippen molar-refractivity contribution in [3.05, 3.63) is 0 Å². The summed E-state index contributed by atoms with van der Waals surface area (Å²) in [7, 11) is 0. The van der Waals surface area contributed by atoms with E-state index in [1.165, 1.54) is 0 Å². The lowest BCUT2D eigenvalue weighted by Crippen LogP contribution is -2.41. The molecule has 1 heterocycles. The zero-order chi connectivity index (χ0) is 11.8. The SMILES string of the molecule is CCCNC(=O)CN1CCC(CCO)CC1. The lowest BCUT2D eigenvalue weighted by atomic mass is 9.94. The fourth-order valence-corrected chi connectivity index (χ4v) is 2.14. The summed E-state index contributed by atoms with van der Waals surface area (Å²) >= 11 is 0. The van der Waals surface area contributed by atoms with Crippen LogP contribution in [0.15, 0.2) is 0 Å². The van der Waals surface area contributed by atoms with Crippen molar-refractivity contribution in [3.8, 4) is 0 Å². The van der Waals surface area contributed by atoms with E-state index in [9.17, 15) is 4.79 Å². The third-order valence-electron chi connectivity index (χ3n) is 3.18. The highest BCUT2D eigenvalue weighted by Crippen LogP contribution is 2.19. The van der Waals surface area contributed by atoms with Crippen LogP contribution in [0.3, 0.4) is 0 Å². The van der Waals surface area contributed by atoms with Crippen LogP contribution in [0.25, 0.3) is 0 Å². The molecule has 1 aliphatic rings. The van der Waals surface area contributed by atoms with Gasteiger partial charge in [-0.1, -0.05) is 6.92 Å². The molecule has 0 aromatic carbocycles. The average Bonchev–Trinajstić information content (AvgIpc) is 2.29. The van der Waals surface area contributed by atoms with Crippen molar-refractivity contribution in [2.45, 2.75) is 32.6 Å². The molecule has 2 N–H and O–H groups in total. The second kappa shape index (κ2) is 7.63. The van der Waals surface area contributed by atoms with Gasteiger partial charge in [0.1, 0.15) is 0 Å². The van der Waals surface area contributed by atoms with Crippen LogP contribution in [0.4, 0.5) is 0 Å². The van der Waals surface area contributed by atoms with Crippen molar-refractivity contribution in [3.63, 3.8) is 0 Å². The normalized spacial score (nSPS) is 18.6. The Balaban J connectivity index is 2.14. The molecule has 0 spiro atoms. The van der Waals surface area contributed by atoms with Crippen LogP contribution < -0.4 is 5.32 Å². The van der Waals surface area contributed by atoms with E-state index < -0.39 is 0 Å². The predicted molar refractivity (Wildman–Crippen MR) is 64.2 cm³/mol. The summed E-state index contributed by atoms with van der Waals surface area (Å²) in [6.45, 7) is 5.64. The lowest BCUT2D eigenvalue weighted by Gasteiger charge is -2.31. The van der Waals surface area contributed by atoms with Crippen molar-refractivity contribution in [1.29, 1.82) is 0 Å². The van der Waals surface area contributed by atoms with Crippen LogP contribution >= 0.6 is 0 Å². The number of amides is 1. The molecule has 1 fully saturated rings. The molecule has 1 saturated heterocycles. The van der Waals surface area contributed by atoms with Crippen molar-refractivity contribution in [1.82, 2.24) is 10.2 Å². The number of hydrogen-bond acceptors (Lipinski definition) is 3. The fraction of sp³-hybridized carbons (Fsp3) is 0.917. The summed E-state index contributed by atoms with van der Waals surface area (Å²) in [5.74, 6) is 0.794. The molecule has 4 nitrogen and oxygen atoms in total. The summed E-state index contributed by atoms with van der Waals surface area (Å²) < 4.78 is 0. The zero-order valence-electron chi connectivity index (χ0n) is 10.2. The molecule has 0 radical (unpaired) electrons. The van der Waals surface area contributed by atoms with E-state index in [1.54, 1.807) is 0 Å². The van der Waals surface area contributed by atoms with Crippen LogP contribution in [-0.2, 0) is 4.79 Å². The smallest absolute Gasteiger partial charge is 0.234 e. The molecule has 0 bridgehead atoms. The zero-order valence-corrected chi connectivity index (χ0v) is 10.2. The molecule has 1 amide bonds. The van der Waals surface area contributed by atoms with E-state index in [4.69, 9.17) is 5.11 Å². The van der Waals surface area contributed by atoms with Gasteiger partial charge in [0.25, 0.3) is 0 Å². The third kappa shape index (κ3) is 4.94. The monoisotopic (exact) mass is 228 g/mol. The van der Waals surface area contributed by atoms with Crippen LogP contribution in [-0.4, -0.2) is 48.7 Å². The Morgan fingerprint density at radius 3 is 2.69 bits per heavy atom. The Labute approximate surface area is 98.0 Å². The van der Waals surface area contributed by atoms with Gasteiger partial charge < -0.3 is 10.4 Å². The Hall–Kier alpha value is -0.610. The van der Waals surface area contributed by atoms with Gasteiger partial charge in [0.15, 0.2) is 0 Å². The van der Waals surface area contributed by atoms with E-state index >= 15 is 0 Å². The molecule has 0 saturated carbocycles. The number of rotatable bonds is 6. The number of likely N-dealkylation sites (tertiary alicyclic amines) is 1. The van der Waals surface area contributed by atoms with Crippen LogP contribution in [0.5, 0.6) is 0 Å². The molecule has 94 valence electrons. The molecule has 0 aromatic heterocycles. The summed E-state index contributed by atoms with van der Waals surface area (Å²) in [4.78, 5) is 13.7. The largest absolute Gasteiger partial charge is 0.396 e.